The molecule has 3 rings (SSSR count). The van der Waals surface area contributed by atoms with Gasteiger partial charge in [0.1, 0.15) is 11.5 Å². The van der Waals surface area contributed by atoms with Gasteiger partial charge in [0.2, 0.25) is 0 Å². The van der Waals surface area contributed by atoms with E-state index in [9.17, 15) is 0 Å². The van der Waals surface area contributed by atoms with Crippen LogP contribution in [0.4, 0.5) is 5.69 Å². The highest BCUT2D eigenvalue weighted by atomic mass is 79.9. The van der Waals surface area contributed by atoms with Gasteiger partial charge in [0, 0.05) is 16.2 Å². The fourth-order valence-corrected chi connectivity index (χ4v) is 3.33. The van der Waals surface area contributed by atoms with E-state index in [0.29, 0.717) is 13.2 Å². The average molecular weight is 485 g/mol. The number of hydrogen-bond donors (Lipinski definition) is 2. The molecule has 0 amide bonds. The van der Waals surface area contributed by atoms with Crippen molar-refractivity contribution in [2.24, 2.45) is 5.73 Å². The van der Waals surface area contributed by atoms with Crippen LogP contribution in [0.5, 0.6) is 11.5 Å². The highest BCUT2D eigenvalue weighted by molar-refractivity contribution is 9.10. The van der Waals surface area contributed by atoms with Crippen LogP contribution in [0.15, 0.2) is 77.3 Å². The summed E-state index contributed by atoms with van der Waals surface area (Å²) in [4.78, 5) is 0. The van der Waals surface area contributed by atoms with E-state index in [1.165, 1.54) is 11.1 Å². The van der Waals surface area contributed by atoms with Crippen LogP contribution >= 0.6 is 28.1 Å². The molecule has 3 aromatic rings. The number of anilines is 1. The zero-order chi connectivity index (χ0) is 21.2. The molecule has 30 heavy (non-hydrogen) atoms. The molecule has 4 nitrogen and oxygen atoms in total. The van der Waals surface area contributed by atoms with E-state index < -0.39 is 0 Å². The molecule has 0 radical (unpaired) electrons. The first kappa shape index (κ1) is 22.1. The second kappa shape index (κ2) is 11.6. The van der Waals surface area contributed by atoms with Crippen molar-refractivity contribution >= 4 is 38.9 Å². The van der Waals surface area contributed by atoms with Crippen LogP contribution in [-0.2, 0) is 0 Å². The van der Waals surface area contributed by atoms with Crippen LogP contribution < -0.4 is 20.5 Å². The van der Waals surface area contributed by atoms with Crippen molar-refractivity contribution in [3.8, 4) is 22.6 Å². The third-order valence-corrected chi connectivity index (χ3v) is 5.09. The van der Waals surface area contributed by atoms with Gasteiger partial charge < -0.3 is 20.5 Å². The van der Waals surface area contributed by atoms with E-state index in [0.717, 1.165) is 40.9 Å². The number of halogens is 1. The van der Waals surface area contributed by atoms with Gasteiger partial charge in [-0.2, -0.15) is 0 Å². The van der Waals surface area contributed by atoms with E-state index in [-0.39, 0.29) is 5.11 Å². The van der Waals surface area contributed by atoms with Crippen molar-refractivity contribution in [2.75, 3.05) is 18.5 Å². The molecule has 0 unspecified atom stereocenters. The van der Waals surface area contributed by atoms with Gasteiger partial charge in [-0.05, 0) is 79.0 Å². The van der Waals surface area contributed by atoms with Crippen LogP contribution in [0.1, 0.15) is 19.3 Å². The Morgan fingerprint density at radius 1 is 0.800 bits per heavy atom. The molecule has 0 heterocycles. The number of rotatable bonds is 10. The first-order chi connectivity index (χ1) is 14.6. The maximum absolute atomic E-state index is 5.85. The van der Waals surface area contributed by atoms with Crippen molar-refractivity contribution in [3.05, 3.63) is 77.3 Å². The number of thiocarbonyl (C=S) groups is 1. The Balaban J connectivity index is 1.32. The molecule has 3 N–H and O–H groups in total. The Kier molecular flexibility index (Phi) is 8.53. The summed E-state index contributed by atoms with van der Waals surface area (Å²) in [6, 6.07) is 24.1. The first-order valence-electron chi connectivity index (χ1n) is 9.88. The third kappa shape index (κ3) is 7.35. The van der Waals surface area contributed by atoms with Crippen LogP contribution in [0, 0.1) is 0 Å². The lowest BCUT2D eigenvalue weighted by atomic mass is 10.1. The Bertz CT molecular complexity index is 946. The minimum atomic E-state index is 0.245. The minimum Gasteiger partial charge on any atom is -0.494 e. The van der Waals surface area contributed by atoms with Crippen molar-refractivity contribution < 1.29 is 9.47 Å². The normalized spacial score (nSPS) is 10.4. The lowest BCUT2D eigenvalue weighted by molar-refractivity contribution is 0.279. The molecule has 6 heteroatoms. The molecule has 0 aliphatic heterocycles. The predicted octanol–water partition coefficient (Wildman–Crippen LogP) is 6.40. The number of benzene rings is 3. The average Bonchev–Trinajstić information content (AvgIpc) is 2.74. The van der Waals surface area contributed by atoms with E-state index in [2.05, 4.69) is 45.5 Å². The van der Waals surface area contributed by atoms with E-state index in [4.69, 9.17) is 27.4 Å². The van der Waals surface area contributed by atoms with Gasteiger partial charge in [0.25, 0.3) is 0 Å². The molecule has 156 valence electrons. The standard InChI is InChI=1S/C24H25BrN2O2S/c25-20-11-7-18(8-12-20)19-9-13-22(14-10-19)28-15-2-1-3-16-29-23-6-4-5-21(17-23)27-24(26)30/h4-14,17H,1-3,15-16H2,(H3,26,27,30). The number of nitrogens with two attached hydrogens (primary N) is 1. The molecule has 3 aromatic carbocycles. The summed E-state index contributed by atoms with van der Waals surface area (Å²) in [6.07, 6.45) is 3.00. The van der Waals surface area contributed by atoms with E-state index >= 15 is 0 Å². The largest absolute Gasteiger partial charge is 0.494 e. The van der Waals surface area contributed by atoms with Crippen molar-refractivity contribution in [1.29, 1.82) is 0 Å². The molecule has 0 spiro atoms. The fourth-order valence-electron chi connectivity index (χ4n) is 2.95. The molecule has 0 saturated carbocycles. The summed E-state index contributed by atoms with van der Waals surface area (Å²) in [5, 5.41) is 3.15. The van der Waals surface area contributed by atoms with Gasteiger partial charge >= 0.3 is 0 Å². The lowest BCUT2D eigenvalue weighted by Crippen LogP contribution is -2.18. The van der Waals surface area contributed by atoms with Gasteiger partial charge in [0.05, 0.1) is 13.2 Å². The van der Waals surface area contributed by atoms with Crippen LogP contribution in [0.2, 0.25) is 0 Å². The Morgan fingerprint density at radius 3 is 2.03 bits per heavy atom. The quantitative estimate of drug-likeness (QED) is 0.257. The zero-order valence-electron chi connectivity index (χ0n) is 16.6. The number of ether oxygens (including phenoxy) is 2. The van der Waals surface area contributed by atoms with Gasteiger partial charge in [-0.15, -0.1) is 0 Å². The zero-order valence-corrected chi connectivity index (χ0v) is 19.0. The molecule has 0 aliphatic rings. The number of nitrogens with one attached hydrogen (secondary N) is 1. The second-order valence-electron chi connectivity index (χ2n) is 6.81. The van der Waals surface area contributed by atoms with Crippen LogP contribution in [0.25, 0.3) is 11.1 Å². The fraction of sp³-hybridized carbons (Fsp3) is 0.208. The second-order valence-corrected chi connectivity index (χ2v) is 8.16. The van der Waals surface area contributed by atoms with Crippen LogP contribution in [-0.4, -0.2) is 18.3 Å². The van der Waals surface area contributed by atoms with Gasteiger partial charge in [-0.25, -0.2) is 0 Å². The molecule has 0 atom stereocenters. The van der Waals surface area contributed by atoms with E-state index in [1.54, 1.807) is 0 Å². The maximum Gasteiger partial charge on any atom is 0.168 e. The number of hydrogen-bond acceptors (Lipinski definition) is 3. The van der Waals surface area contributed by atoms with Crippen molar-refractivity contribution in [3.63, 3.8) is 0 Å². The predicted molar refractivity (Wildman–Crippen MR) is 131 cm³/mol. The smallest absolute Gasteiger partial charge is 0.168 e. The summed E-state index contributed by atoms with van der Waals surface area (Å²) in [5.41, 5.74) is 8.69. The maximum atomic E-state index is 5.85. The summed E-state index contributed by atoms with van der Waals surface area (Å²) >= 11 is 8.31. The van der Waals surface area contributed by atoms with Crippen molar-refractivity contribution in [1.82, 2.24) is 0 Å². The van der Waals surface area contributed by atoms with Crippen molar-refractivity contribution in [2.45, 2.75) is 19.3 Å². The molecule has 0 fully saturated rings. The summed E-state index contributed by atoms with van der Waals surface area (Å²) < 4.78 is 12.7. The summed E-state index contributed by atoms with van der Waals surface area (Å²) in [7, 11) is 0. The van der Waals surface area contributed by atoms with Gasteiger partial charge in [0.15, 0.2) is 5.11 Å². The summed E-state index contributed by atoms with van der Waals surface area (Å²) in [5.74, 6) is 1.70. The Hall–Kier alpha value is -2.57. The monoisotopic (exact) mass is 484 g/mol. The SMILES string of the molecule is NC(=S)Nc1cccc(OCCCCCOc2ccc(-c3ccc(Br)cc3)cc2)c1. The topological polar surface area (TPSA) is 56.5 Å². The van der Waals surface area contributed by atoms with Crippen LogP contribution in [0.3, 0.4) is 0 Å². The minimum absolute atomic E-state index is 0.245. The molecule has 0 aliphatic carbocycles. The highest BCUT2D eigenvalue weighted by Crippen LogP contribution is 2.24. The Labute approximate surface area is 191 Å². The summed E-state index contributed by atoms with van der Waals surface area (Å²) in [6.45, 7) is 1.36. The molecule has 0 saturated heterocycles. The molecule has 0 aromatic heterocycles. The van der Waals surface area contributed by atoms with Gasteiger partial charge in [-0.3, -0.25) is 0 Å². The lowest BCUT2D eigenvalue weighted by Gasteiger charge is -2.10. The third-order valence-electron chi connectivity index (χ3n) is 4.46. The first-order valence-corrected chi connectivity index (χ1v) is 11.1. The molecule has 0 bridgehead atoms. The van der Waals surface area contributed by atoms with Gasteiger partial charge in [-0.1, -0.05) is 46.3 Å². The number of unbranched alkanes of at least 4 members (excludes halogenated alkanes) is 2. The molecular formula is C24H25BrN2O2S. The molecular weight excluding hydrogens is 460 g/mol. The Morgan fingerprint density at radius 2 is 1.40 bits per heavy atom. The van der Waals surface area contributed by atoms with E-state index in [1.807, 2.05) is 48.5 Å². The highest BCUT2D eigenvalue weighted by Gasteiger charge is 2.00.